The molecule has 0 radical (unpaired) electrons. The van der Waals surface area contributed by atoms with Crippen molar-refractivity contribution in [2.24, 2.45) is 0 Å². The molecule has 4 rings (SSSR count). The number of carbonyl (C=O) groups excluding carboxylic acids is 12. The summed E-state index contributed by atoms with van der Waals surface area (Å²) in [6.45, 7) is 0. The first kappa shape index (κ1) is 60.5. The van der Waals surface area contributed by atoms with Crippen molar-refractivity contribution >= 4 is 71.6 Å². The number of carboxylic acids is 12. The number of rotatable bonds is 12. The van der Waals surface area contributed by atoms with E-state index in [-0.39, 0.29) is 78.6 Å². The zero-order valence-corrected chi connectivity index (χ0v) is 37.6. The van der Waals surface area contributed by atoms with E-state index in [1.807, 2.05) is 0 Å². The van der Waals surface area contributed by atoms with Gasteiger partial charge in [0.2, 0.25) is 0 Å². The summed E-state index contributed by atoms with van der Waals surface area (Å²) in [7, 11) is 0. The molecule has 0 saturated heterocycles. The minimum atomic E-state index is -1.91. The number of carbonyl (C=O) groups is 12. The SMILES string of the molecule is O=C([O-])c1cccc(C(=O)[O-])c1C(=O)[O-].O=C([O-])c1cccc(C(=O)[O-])c1C(=O)[O-].O=C([O-])c1cccc(C(=O)[O-])c1C(=O)[O-].O=C([O-])c1cccc(C(=O)[O-])c1C(=O)[O-].[Zr+4].[Zr+4].[Zr+4]. The van der Waals surface area contributed by atoms with Gasteiger partial charge in [-0.3, -0.25) is 0 Å². The van der Waals surface area contributed by atoms with Crippen molar-refractivity contribution < 1.29 is 197 Å². The summed E-state index contributed by atoms with van der Waals surface area (Å²) in [6, 6.07) is 11.6. The topological polar surface area (TPSA) is 482 Å². The monoisotopic (exact) mass is 1100 g/mol. The van der Waals surface area contributed by atoms with Gasteiger partial charge in [-0.2, -0.15) is 0 Å². The van der Waals surface area contributed by atoms with Crippen LogP contribution in [0.3, 0.4) is 0 Å². The molecule has 0 atom stereocenters. The molecule has 0 spiro atoms. The average Bonchev–Trinajstić information content (AvgIpc) is 3.16. The molecule has 0 amide bonds. The van der Waals surface area contributed by atoms with E-state index in [9.17, 15) is 119 Å². The smallest absolute Gasteiger partial charge is 0.545 e. The van der Waals surface area contributed by atoms with Crippen LogP contribution >= 0.6 is 0 Å². The third-order valence-electron chi connectivity index (χ3n) is 6.83. The van der Waals surface area contributed by atoms with Crippen LogP contribution in [0.2, 0.25) is 0 Å². The second kappa shape index (κ2) is 27.2. The molecule has 0 aliphatic heterocycles. The van der Waals surface area contributed by atoms with Crippen molar-refractivity contribution in [1.29, 1.82) is 0 Å². The molecule has 24 nitrogen and oxygen atoms in total. The van der Waals surface area contributed by atoms with Crippen molar-refractivity contribution in [1.82, 2.24) is 0 Å². The van der Waals surface area contributed by atoms with Gasteiger partial charge in [0.1, 0.15) is 0 Å². The Bertz CT molecular complexity index is 2020. The molecule has 0 fully saturated rings. The third-order valence-corrected chi connectivity index (χ3v) is 6.83. The molecule has 0 aliphatic rings. The number of aromatic carboxylic acids is 12. The summed E-state index contributed by atoms with van der Waals surface area (Å²) in [6.07, 6.45) is 0. The van der Waals surface area contributed by atoms with E-state index in [0.717, 1.165) is 72.8 Å². The molecule has 0 heterocycles. The maximum absolute atomic E-state index is 10.6. The van der Waals surface area contributed by atoms with Crippen LogP contribution in [0.5, 0.6) is 0 Å². The Morgan fingerprint density at radius 3 is 0.365 bits per heavy atom. The quantitative estimate of drug-likeness (QED) is 0.127. The summed E-state index contributed by atoms with van der Waals surface area (Å²) < 4.78 is 0. The average molecular weight is 1100 g/mol. The first-order valence-corrected chi connectivity index (χ1v) is 14.9. The molecule has 4 aromatic carbocycles. The number of carboxylic acid groups (broad SMARTS) is 12. The van der Waals surface area contributed by atoms with Crippen molar-refractivity contribution in [3.05, 3.63) is 140 Å². The van der Waals surface area contributed by atoms with E-state index in [2.05, 4.69) is 0 Å². The van der Waals surface area contributed by atoms with Gasteiger partial charge in [0.15, 0.2) is 0 Å². The van der Waals surface area contributed by atoms with Gasteiger partial charge in [-0.05, 0) is 0 Å². The second-order valence-electron chi connectivity index (χ2n) is 10.4. The van der Waals surface area contributed by atoms with E-state index >= 15 is 0 Å². The molecule has 0 unspecified atom stereocenters. The van der Waals surface area contributed by atoms with Crippen LogP contribution in [-0.4, -0.2) is 71.6 Å². The van der Waals surface area contributed by atoms with Crippen molar-refractivity contribution in [2.75, 3.05) is 0 Å². The van der Waals surface area contributed by atoms with Gasteiger partial charge in [-0.15, -0.1) is 0 Å². The van der Waals surface area contributed by atoms with E-state index in [1.54, 1.807) is 0 Å². The Balaban J connectivity index is -0.000000750. The van der Waals surface area contributed by atoms with Gasteiger partial charge in [-0.25, -0.2) is 0 Å². The second-order valence-corrected chi connectivity index (χ2v) is 10.4. The van der Waals surface area contributed by atoms with E-state index < -0.39 is 138 Å². The largest absolute Gasteiger partial charge is 4.00 e. The van der Waals surface area contributed by atoms with E-state index in [0.29, 0.717) is 0 Å². The fourth-order valence-corrected chi connectivity index (χ4v) is 4.45. The summed E-state index contributed by atoms with van der Waals surface area (Å²) in [4.78, 5) is 126. The summed E-state index contributed by atoms with van der Waals surface area (Å²) in [5.74, 6) is -22.0. The van der Waals surface area contributed by atoms with Gasteiger partial charge in [-0.1, -0.05) is 72.8 Å². The van der Waals surface area contributed by atoms with E-state index in [4.69, 9.17) is 0 Å². The Hall–Kier alpha value is -6.83. The first-order chi connectivity index (χ1) is 27.8. The molecular weight excluding hydrogens is 1090 g/mol. The predicted molar refractivity (Wildman–Crippen MR) is 158 cm³/mol. The van der Waals surface area contributed by atoms with Crippen molar-refractivity contribution in [3.63, 3.8) is 0 Å². The summed E-state index contributed by atoms with van der Waals surface area (Å²) >= 11 is 0. The Labute approximate surface area is 405 Å². The molecule has 0 N–H and O–H groups in total. The summed E-state index contributed by atoms with van der Waals surface area (Å²) in [5, 5.41) is 126. The zero-order chi connectivity index (χ0) is 46.3. The minimum absolute atomic E-state index is 0. The van der Waals surface area contributed by atoms with Gasteiger partial charge in [0.25, 0.3) is 0 Å². The predicted octanol–water partition coefficient (Wildman–Crippen LogP) is -12.9. The molecule has 312 valence electrons. The fraction of sp³-hybridized carbons (Fsp3) is 0. The summed E-state index contributed by atoms with van der Waals surface area (Å²) in [5.41, 5.74) is -9.81. The number of benzene rings is 4. The van der Waals surface area contributed by atoms with Crippen LogP contribution < -0.4 is 61.3 Å². The zero-order valence-electron chi connectivity index (χ0n) is 30.2. The Morgan fingerprint density at radius 2 is 0.302 bits per heavy atom. The van der Waals surface area contributed by atoms with Crippen LogP contribution in [0.4, 0.5) is 0 Å². The molecular formula is C36H12O24Zr3. The van der Waals surface area contributed by atoms with Crippen LogP contribution in [-0.2, 0) is 78.6 Å². The van der Waals surface area contributed by atoms with Gasteiger partial charge in [0, 0.05) is 66.8 Å². The normalized spacial score (nSPS) is 9.14. The van der Waals surface area contributed by atoms with Gasteiger partial charge >= 0.3 is 78.6 Å². The third kappa shape index (κ3) is 16.5. The molecule has 0 aliphatic carbocycles. The van der Waals surface area contributed by atoms with Crippen molar-refractivity contribution in [3.8, 4) is 0 Å². The van der Waals surface area contributed by atoms with Gasteiger partial charge in [0.05, 0.1) is 71.6 Å². The maximum Gasteiger partial charge on any atom is 4.00 e. The molecule has 4 aromatic rings. The van der Waals surface area contributed by atoms with Crippen LogP contribution in [0.15, 0.2) is 72.8 Å². The first-order valence-electron chi connectivity index (χ1n) is 14.9. The molecule has 27 heteroatoms. The minimum Gasteiger partial charge on any atom is -0.545 e. The van der Waals surface area contributed by atoms with Crippen molar-refractivity contribution in [2.45, 2.75) is 0 Å². The maximum atomic E-state index is 10.6. The fourth-order valence-electron chi connectivity index (χ4n) is 4.45. The standard InChI is InChI=1S/4C9H6O6.3Zr/c4*10-7(11)4-2-1-3-5(8(12)13)6(4)9(14)15;;;/h4*1-3H,(H,10,11)(H,12,13)(H,14,15);;;/q;;;;3*+4/p-12. The molecule has 0 saturated carbocycles. The molecule has 63 heavy (non-hydrogen) atoms. The molecule has 0 bridgehead atoms. The van der Waals surface area contributed by atoms with Crippen LogP contribution in [0, 0.1) is 0 Å². The number of hydrogen-bond acceptors (Lipinski definition) is 24. The van der Waals surface area contributed by atoms with Crippen LogP contribution in [0.1, 0.15) is 124 Å². The van der Waals surface area contributed by atoms with Crippen LogP contribution in [0.25, 0.3) is 0 Å². The van der Waals surface area contributed by atoms with Gasteiger partial charge < -0.3 is 119 Å². The Kier molecular flexibility index (Phi) is 26.1. The molecule has 0 aromatic heterocycles. The number of hydrogen-bond donors (Lipinski definition) is 0. The van der Waals surface area contributed by atoms with E-state index in [1.165, 1.54) is 0 Å². The Morgan fingerprint density at radius 1 is 0.206 bits per heavy atom.